The quantitative estimate of drug-likeness (QED) is 0.454. The lowest BCUT2D eigenvalue weighted by Crippen LogP contribution is -1.88. The van der Waals surface area contributed by atoms with E-state index < -0.39 is 0 Å². The summed E-state index contributed by atoms with van der Waals surface area (Å²) in [6.07, 6.45) is 3.55. The second kappa shape index (κ2) is 4.61. The van der Waals surface area contributed by atoms with Crippen LogP contribution in [0.25, 0.3) is 44.4 Å². The van der Waals surface area contributed by atoms with Crippen molar-refractivity contribution in [1.82, 2.24) is 15.0 Å². The van der Waals surface area contributed by atoms with Gasteiger partial charge in [-0.15, -0.1) is 0 Å². The van der Waals surface area contributed by atoms with Gasteiger partial charge in [0.15, 0.2) is 11.2 Å². The van der Waals surface area contributed by atoms with Crippen molar-refractivity contribution >= 4 is 33.0 Å². The summed E-state index contributed by atoms with van der Waals surface area (Å²) >= 11 is 0. The lowest BCUT2D eigenvalue weighted by molar-refractivity contribution is 0.667. The van der Waals surface area contributed by atoms with Crippen molar-refractivity contribution in [3.8, 4) is 11.4 Å². The van der Waals surface area contributed by atoms with E-state index in [9.17, 15) is 0 Å². The maximum absolute atomic E-state index is 5.99. The number of para-hydroxylation sites is 1. The number of benzene rings is 1. The third-order valence-corrected chi connectivity index (χ3v) is 3.98. The molecule has 4 nitrogen and oxygen atoms in total. The zero-order valence-corrected chi connectivity index (χ0v) is 12.1. The maximum Gasteiger partial charge on any atom is 0.164 e. The topological polar surface area (TPSA) is 51.8 Å². The number of furan rings is 1. The normalized spacial score (nSPS) is 11.5. The van der Waals surface area contributed by atoms with E-state index in [4.69, 9.17) is 9.40 Å². The SMILES string of the molecule is c1ccc2nc(-c3nccc4c3oc3cccnc34)ccc2c1. The third-order valence-electron chi connectivity index (χ3n) is 3.98. The van der Waals surface area contributed by atoms with Crippen LogP contribution in [-0.2, 0) is 0 Å². The first kappa shape index (κ1) is 12.3. The molecule has 5 rings (SSSR count). The van der Waals surface area contributed by atoms with Crippen LogP contribution >= 0.6 is 0 Å². The van der Waals surface area contributed by atoms with Gasteiger partial charge in [0.25, 0.3) is 0 Å². The number of aromatic nitrogens is 3. The van der Waals surface area contributed by atoms with Crippen LogP contribution < -0.4 is 0 Å². The highest BCUT2D eigenvalue weighted by molar-refractivity contribution is 6.06. The van der Waals surface area contributed by atoms with Crippen LogP contribution in [0.4, 0.5) is 0 Å². The van der Waals surface area contributed by atoms with Gasteiger partial charge in [-0.1, -0.05) is 24.3 Å². The van der Waals surface area contributed by atoms with Crippen LogP contribution in [0.15, 0.2) is 71.4 Å². The Bertz CT molecular complexity index is 1180. The Morgan fingerprint density at radius 3 is 2.74 bits per heavy atom. The molecule has 0 unspecified atom stereocenters. The highest BCUT2D eigenvalue weighted by Gasteiger charge is 2.14. The molecule has 0 aliphatic rings. The van der Waals surface area contributed by atoms with E-state index in [1.807, 2.05) is 48.5 Å². The average molecular weight is 297 g/mol. The zero-order valence-electron chi connectivity index (χ0n) is 12.1. The van der Waals surface area contributed by atoms with E-state index >= 15 is 0 Å². The minimum Gasteiger partial charge on any atom is -0.452 e. The lowest BCUT2D eigenvalue weighted by atomic mass is 10.1. The molecule has 4 aromatic heterocycles. The molecule has 0 bridgehead atoms. The van der Waals surface area contributed by atoms with Gasteiger partial charge in [0.1, 0.15) is 11.2 Å². The minimum atomic E-state index is 0.726. The Morgan fingerprint density at radius 2 is 1.74 bits per heavy atom. The Balaban J connectivity index is 1.84. The minimum absolute atomic E-state index is 0.726. The molecule has 0 atom stereocenters. The van der Waals surface area contributed by atoms with Crippen LogP contribution in [0.1, 0.15) is 0 Å². The highest BCUT2D eigenvalue weighted by atomic mass is 16.3. The fraction of sp³-hybridized carbons (Fsp3) is 0. The van der Waals surface area contributed by atoms with Crippen molar-refractivity contribution < 1.29 is 4.42 Å². The Hall–Kier alpha value is -3.27. The van der Waals surface area contributed by atoms with Crippen LogP contribution in [-0.4, -0.2) is 15.0 Å². The number of rotatable bonds is 1. The molecule has 0 aliphatic carbocycles. The number of hydrogen-bond donors (Lipinski definition) is 0. The van der Waals surface area contributed by atoms with Crippen LogP contribution in [0.3, 0.4) is 0 Å². The molecule has 0 saturated carbocycles. The summed E-state index contributed by atoms with van der Waals surface area (Å²) in [6, 6.07) is 17.8. The second-order valence-electron chi connectivity index (χ2n) is 5.38. The van der Waals surface area contributed by atoms with Crippen LogP contribution in [0.2, 0.25) is 0 Å². The van der Waals surface area contributed by atoms with Gasteiger partial charge in [-0.2, -0.15) is 0 Å². The molecular formula is C19H11N3O. The molecule has 0 aliphatic heterocycles. The molecule has 1 aromatic carbocycles. The van der Waals surface area contributed by atoms with Gasteiger partial charge in [0, 0.05) is 17.8 Å². The van der Waals surface area contributed by atoms with Gasteiger partial charge < -0.3 is 4.42 Å². The summed E-state index contributed by atoms with van der Waals surface area (Å²) in [4.78, 5) is 13.6. The first-order valence-corrected chi connectivity index (χ1v) is 7.38. The van der Waals surface area contributed by atoms with Crippen LogP contribution in [0, 0.1) is 0 Å². The van der Waals surface area contributed by atoms with E-state index in [1.165, 1.54) is 0 Å². The molecule has 0 amide bonds. The highest BCUT2D eigenvalue weighted by Crippen LogP contribution is 2.32. The monoisotopic (exact) mass is 297 g/mol. The summed E-state index contributed by atoms with van der Waals surface area (Å²) in [5.74, 6) is 0. The first-order valence-electron chi connectivity index (χ1n) is 7.38. The lowest BCUT2D eigenvalue weighted by Gasteiger charge is -2.03. The molecule has 0 N–H and O–H groups in total. The molecule has 0 saturated heterocycles. The first-order chi connectivity index (χ1) is 11.4. The van der Waals surface area contributed by atoms with Crippen molar-refractivity contribution in [3.63, 3.8) is 0 Å². The van der Waals surface area contributed by atoms with E-state index in [0.29, 0.717) is 0 Å². The molecule has 108 valence electrons. The molecule has 5 aromatic rings. The molecule has 0 spiro atoms. The summed E-state index contributed by atoms with van der Waals surface area (Å²) < 4.78 is 5.99. The van der Waals surface area contributed by atoms with Crippen molar-refractivity contribution in [2.45, 2.75) is 0 Å². The summed E-state index contributed by atoms with van der Waals surface area (Å²) in [7, 11) is 0. The standard InChI is InChI=1S/C19H11N3O/c1-2-5-14-12(4-1)7-8-15(22-14)18-19-13(9-11-21-18)17-16(23-19)6-3-10-20-17/h1-11H. The molecule has 0 radical (unpaired) electrons. The number of nitrogens with zero attached hydrogens (tertiary/aromatic N) is 3. The third kappa shape index (κ3) is 1.82. The summed E-state index contributed by atoms with van der Waals surface area (Å²) in [6.45, 7) is 0. The summed E-state index contributed by atoms with van der Waals surface area (Å²) in [5.41, 5.74) is 4.83. The Morgan fingerprint density at radius 1 is 0.783 bits per heavy atom. The van der Waals surface area contributed by atoms with Gasteiger partial charge >= 0.3 is 0 Å². The molecule has 0 fully saturated rings. The fourth-order valence-electron chi connectivity index (χ4n) is 2.90. The van der Waals surface area contributed by atoms with Crippen molar-refractivity contribution in [2.24, 2.45) is 0 Å². The van der Waals surface area contributed by atoms with Gasteiger partial charge in [-0.25, -0.2) is 4.98 Å². The summed E-state index contributed by atoms with van der Waals surface area (Å²) in [5, 5.41) is 2.07. The second-order valence-corrected chi connectivity index (χ2v) is 5.38. The Labute approximate surface area is 131 Å². The average Bonchev–Trinajstić information content (AvgIpc) is 3.00. The number of fused-ring (bicyclic) bond motifs is 4. The van der Waals surface area contributed by atoms with Gasteiger partial charge in [0.2, 0.25) is 0 Å². The van der Waals surface area contributed by atoms with Crippen molar-refractivity contribution in [3.05, 3.63) is 67.0 Å². The van der Waals surface area contributed by atoms with E-state index in [1.54, 1.807) is 12.4 Å². The van der Waals surface area contributed by atoms with Gasteiger partial charge in [-0.05, 0) is 30.3 Å². The molecule has 4 heteroatoms. The number of pyridine rings is 3. The smallest absolute Gasteiger partial charge is 0.164 e. The molecule has 23 heavy (non-hydrogen) atoms. The zero-order chi connectivity index (χ0) is 15.2. The van der Waals surface area contributed by atoms with Gasteiger partial charge in [-0.3, -0.25) is 9.97 Å². The largest absolute Gasteiger partial charge is 0.452 e. The molecular weight excluding hydrogens is 286 g/mol. The molecule has 4 heterocycles. The van der Waals surface area contributed by atoms with Crippen LogP contribution in [0.5, 0.6) is 0 Å². The Kier molecular flexibility index (Phi) is 2.46. The fourth-order valence-corrected chi connectivity index (χ4v) is 2.90. The van der Waals surface area contributed by atoms with Crippen molar-refractivity contribution in [2.75, 3.05) is 0 Å². The van der Waals surface area contributed by atoms with E-state index in [2.05, 4.69) is 16.0 Å². The maximum atomic E-state index is 5.99. The predicted octanol–water partition coefficient (Wildman–Crippen LogP) is 4.59. The van der Waals surface area contributed by atoms with Crippen molar-refractivity contribution in [1.29, 1.82) is 0 Å². The van der Waals surface area contributed by atoms with Gasteiger partial charge in [0.05, 0.1) is 16.6 Å². The number of hydrogen-bond acceptors (Lipinski definition) is 4. The van der Waals surface area contributed by atoms with E-state index in [-0.39, 0.29) is 0 Å². The van der Waals surface area contributed by atoms with E-state index in [0.717, 1.165) is 44.4 Å². The predicted molar refractivity (Wildman–Crippen MR) is 90.0 cm³/mol.